The molecule has 1 unspecified atom stereocenters. The number of aromatic nitrogens is 2. The summed E-state index contributed by atoms with van der Waals surface area (Å²) in [4.78, 5) is 12.4. The third-order valence-corrected chi connectivity index (χ3v) is 6.99. The predicted molar refractivity (Wildman–Crippen MR) is 147 cm³/mol. The van der Waals surface area contributed by atoms with Crippen molar-refractivity contribution in [3.05, 3.63) is 70.6 Å². The second-order valence-electron chi connectivity index (χ2n) is 9.36. The van der Waals surface area contributed by atoms with Gasteiger partial charge in [-0.15, -0.1) is 5.10 Å². The largest absolute Gasteiger partial charge is 0.352 e. The Morgan fingerprint density at radius 3 is 2.11 bits per heavy atom. The summed E-state index contributed by atoms with van der Waals surface area (Å²) in [6.07, 6.45) is 13.7. The zero-order chi connectivity index (χ0) is 24.7. The number of nitrogens with zero attached hydrogens (tertiary/aromatic N) is 2. The van der Waals surface area contributed by atoms with E-state index in [1.165, 1.54) is 69.3 Å². The van der Waals surface area contributed by atoms with Crippen molar-refractivity contribution in [1.82, 2.24) is 14.9 Å². The average molecular weight is 493 g/mol. The van der Waals surface area contributed by atoms with Crippen LogP contribution in [-0.2, 0) is 6.42 Å². The van der Waals surface area contributed by atoms with Gasteiger partial charge in [0.05, 0.1) is 0 Å². The van der Waals surface area contributed by atoms with Crippen LogP contribution in [0, 0.1) is 0 Å². The van der Waals surface area contributed by atoms with E-state index < -0.39 is 0 Å². The molecule has 5 nitrogen and oxygen atoms in total. The van der Waals surface area contributed by atoms with Gasteiger partial charge in [-0.3, -0.25) is 4.79 Å². The zero-order valence-electron chi connectivity index (χ0n) is 21.0. The minimum Gasteiger partial charge on any atom is -0.352 e. The molecule has 1 atom stereocenters. The first kappa shape index (κ1) is 27.0. The van der Waals surface area contributed by atoms with E-state index in [1.807, 2.05) is 41.8 Å². The number of hydrogen-bond donors (Lipinski definition) is 2. The summed E-state index contributed by atoms with van der Waals surface area (Å²) in [6, 6.07) is 15.9. The number of amides is 1. The van der Waals surface area contributed by atoms with Gasteiger partial charge in [0.2, 0.25) is 0 Å². The van der Waals surface area contributed by atoms with Gasteiger partial charge < -0.3 is 11.1 Å². The Bertz CT molecular complexity index is 971. The molecule has 6 heteroatoms. The monoisotopic (exact) mass is 492 g/mol. The number of rotatable bonds is 16. The lowest BCUT2D eigenvalue weighted by Crippen LogP contribution is -2.24. The first-order valence-electron chi connectivity index (χ1n) is 13.2. The van der Waals surface area contributed by atoms with Crippen molar-refractivity contribution in [3.8, 4) is 11.3 Å². The molecule has 1 aromatic heterocycles. The van der Waals surface area contributed by atoms with Crippen molar-refractivity contribution in [2.24, 2.45) is 5.73 Å². The standard InChI is InChI=1S/C29H40N4OS/c1-2-3-4-5-6-7-8-9-10-11-20-31-29(34)26-14-12-23(13-15-26)21-27(30)24-16-18-25(19-17-24)28-22-35-33-32-28/h12-19,22,27H,2-11,20-21,30H2,1H3,(H,31,34). The van der Waals surface area contributed by atoms with Crippen molar-refractivity contribution < 1.29 is 4.79 Å². The number of nitrogens with one attached hydrogen (secondary N) is 1. The molecule has 0 saturated heterocycles. The van der Waals surface area contributed by atoms with Gasteiger partial charge in [-0.1, -0.05) is 106 Å². The number of carbonyl (C=O) groups is 1. The van der Waals surface area contributed by atoms with Crippen LogP contribution in [0.5, 0.6) is 0 Å². The van der Waals surface area contributed by atoms with E-state index in [-0.39, 0.29) is 11.9 Å². The molecule has 0 fully saturated rings. The summed E-state index contributed by atoms with van der Waals surface area (Å²) < 4.78 is 3.91. The first-order valence-corrected chi connectivity index (χ1v) is 14.0. The minimum atomic E-state index is -0.103. The van der Waals surface area contributed by atoms with Crippen molar-refractivity contribution in [2.45, 2.75) is 83.6 Å². The normalized spacial score (nSPS) is 11.9. The SMILES string of the molecule is CCCCCCCCCCCCNC(=O)c1ccc(CC(N)c2ccc(-c3csnn3)cc2)cc1. The minimum absolute atomic E-state index is 0.00360. The average Bonchev–Trinajstić information content (AvgIpc) is 3.43. The molecule has 1 heterocycles. The predicted octanol–water partition coefficient (Wildman–Crippen LogP) is 7.10. The zero-order valence-corrected chi connectivity index (χ0v) is 21.9. The molecular weight excluding hydrogens is 452 g/mol. The molecule has 3 rings (SSSR count). The lowest BCUT2D eigenvalue weighted by atomic mass is 9.97. The Hall–Kier alpha value is -2.57. The van der Waals surface area contributed by atoms with Gasteiger partial charge in [0.25, 0.3) is 5.91 Å². The molecule has 0 saturated carbocycles. The number of benzene rings is 2. The Kier molecular flexibility index (Phi) is 11.9. The van der Waals surface area contributed by atoms with E-state index in [9.17, 15) is 4.79 Å². The van der Waals surface area contributed by atoms with Crippen molar-refractivity contribution in [3.63, 3.8) is 0 Å². The molecule has 0 aliphatic heterocycles. The van der Waals surface area contributed by atoms with E-state index in [4.69, 9.17) is 5.73 Å². The summed E-state index contributed by atoms with van der Waals surface area (Å²) in [5.74, 6) is 0.00360. The molecule has 3 aromatic rings. The van der Waals surface area contributed by atoms with E-state index in [1.54, 1.807) is 0 Å². The Labute approximate surface area is 214 Å². The highest BCUT2D eigenvalue weighted by molar-refractivity contribution is 7.03. The van der Waals surface area contributed by atoms with E-state index in [0.29, 0.717) is 5.56 Å². The molecule has 0 spiro atoms. The number of unbranched alkanes of at least 4 members (excludes halogenated alkanes) is 9. The second-order valence-corrected chi connectivity index (χ2v) is 9.97. The van der Waals surface area contributed by atoms with E-state index in [0.717, 1.165) is 41.8 Å². The van der Waals surface area contributed by atoms with Gasteiger partial charge in [0, 0.05) is 29.1 Å². The molecule has 3 N–H and O–H groups in total. The lowest BCUT2D eigenvalue weighted by molar-refractivity contribution is 0.0953. The topological polar surface area (TPSA) is 80.9 Å². The molecular formula is C29H40N4OS. The van der Waals surface area contributed by atoms with Gasteiger partial charge in [0.1, 0.15) is 5.69 Å². The fourth-order valence-corrected chi connectivity index (χ4v) is 4.74. The molecule has 0 bridgehead atoms. The van der Waals surface area contributed by atoms with Gasteiger partial charge in [0.15, 0.2) is 0 Å². The molecule has 0 radical (unpaired) electrons. The van der Waals surface area contributed by atoms with E-state index in [2.05, 4.69) is 34.0 Å². The quantitative estimate of drug-likeness (QED) is 0.209. The fraction of sp³-hybridized carbons (Fsp3) is 0.483. The van der Waals surface area contributed by atoms with Crippen LogP contribution in [0.1, 0.15) is 98.7 Å². The second kappa shape index (κ2) is 15.4. The van der Waals surface area contributed by atoms with Crippen LogP contribution >= 0.6 is 11.5 Å². The molecule has 188 valence electrons. The molecule has 0 aliphatic rings. The van der Waals surface area contributed by atoms with Gasteiger partial charge >= 0.3 is 0 Å². The smallest absolute Gasteiger partial charge is 0.251 e. The molecule has 35 heavy (non-hydrogen) atoms. The van der Waals surface area contributed by atoms with Gasteiger partial charge in [-0.05, 0) is 47.6 Å². The number of nitrogens with two attached hydrogens (primary N) is 1. The maximum absolute atomic E-state index is 12.4. The highest BCUT2D eigenvalue weighted by Gasteiger charge is 2.10. The van der Waals surface area contributed by atoms with Gasteiger partial charge in [-0.2, -0.15) is 0 Å². The maximum atomic E-state index is 12.4. The summed E-state index contributed by atoms with van der Waals surface area (Å²) in [5, 5.41) is 9.09. The van der Waals surface area contributed by atoms with Crippen LogP contribution in [0.3, 0.4) is 0 Å². The highest BCUT2D eigenvalue weighted by atomic mass is 32.1. The van der Waals surface area contributed by atoms with Crippen LogP contribution in [0.15, 0.2) is 53.9 Å². The Morgan fingerprint density at radius 1 is 0.886 bits per heavy atom. The van der Waals surface area contributed by atoms with E-state index >= 15 is 0 Å². The first-order chi connectivity index (χ1) is 17.2. The third-order valence-electron chi connectivity index (χ3n) is 6.48. The van der Waals surface area contributed by atoms with Crippen molar-refractivity contribution in [1.29, 1.82) is 0 Å². The Balaban J connectivity index is 1.32. The molecule has 0 aliphatic carbocycles. The highest BCUT2D eigenvalue weighted by Crippen LogP contribution is 2.22. The summed E-state index contributed by atoms with van der Waals surface area (Å²) in [5.41, 5.74) is 11.3. The molecule has 2 aromatic carbocycles. The number of carbonyl (C=O) groups excluding carboxylic acids is 1. The summed E-state index contributed by atoms with van der Waals surface area (Å²) in [7, 11) is 0. The summed E-state index contributed by atoms with van der Waals surface area (Å²) in [6.45, 7) is 3.00. The van der Waals surface area contributed by atoms with Crippen LogP contribution < -0.4 is 11.1 Å². The van der Waals surface area contributed by atoms with Crippen LogP contribution in [0.25, 0.3) is 11.3 Å². The maximum Gasteiger partial charge on any atom is 0.251 e. The lowest BCUT2D eigenvalue weighted by Gasteiger charge is -2.13. The molecule has 1 amide bonds. The number of hydrogen-bond acceptors (Lipinski definition) is 5. The van der Waals surface area contributed by atoms with Crippen LogP contribution in [-0.4, -0.2) is 22.0 Å². The summed E-state index contributed by atoms with van der Waals surface area (Å²) >= 11 is 1.35. The van der Waals surface area contributed by atoms with Gasteiger partial charge in [-0.25, -0.2) is 0 Å². The van der Waals surface area contributed by atoms with Crippen molar-refractivity contribution in [2.75, 3.05) is 6.54 Å². The fourth-order valence-electron chi connectivity index (χ4n) is 4.27. The van der Waals surface area contributed by atoms with Crippen molar-refractivity contribution >= 4 is 17.4 Å². The van der Waals surface area contributed by atoms with Crippen LogP contribution in [0.4, 0.5) is 0 Å². The Morgan fingerprint density at radius 2 is 1.51 bits per heavy atom. The third kappa shape index (κ3) is 9.54. The van der Waals surface area contributed by atoms with Crippen LogP contribution in [0.2, 0.25) is 0 Å².